The van der Waals surface area contributed by atoms with Gasteiger partial charge in [-0.2, -0.15) is 5.01 Å². The summed E-state index contributed by atoms with van der Waals surface area (Å²) in [4.78, 5) is 23.3. The van der Waals surface area contributed by atoms with E-state index in [0.29, 0.717) is 10.5 Å². The molecule has 98 valence electrons. The zero-order chi connectivity index (χ0) is 14.0. The van der Waals surface area contributed by atoms with E-state index in [1.54, 1.807) is 12.1 Å². The van der Waals surface area contributed by atoms with Crippen LogP contribution in [0.25, 0.3) is 6.08 Å². The molecule has 1 aromatic carbocycles. The number of hydrogen-bond donors (Lipinski definition) is 1. The molecule has 0 saturated carbocycles. The summed E-state index contributed by atoms with van der Waals surface area (Å²) in [6.07, 6.45) is 1.53. The molecular weight excluding hydrogens is 287 g/mol. The van der Waals surface area contributed by atoms with Crippen molar-refractivity contribution >= 4 is 46.2 Å². The number of thioether (sulfide) groups is 1. The standard InChI is InChI=1S/C12H9FN2O2S2/c1-7(16)14-15-11(17)10(19-12(15)18)6-8-3-2-4-9(13)5-8/h2-6H,1H3,(H,14,16)/b10-6+. The van der Waals surface area contributed by atoms with Gasteiger partial charge >= 0.3 is 0 Å². The minimum atomic E-state index is -0.422. The SMILES string of the molecule is CC(=O)NN1C(=O)/C(=C\c2cccc(F)c2)SC1=S. The fourth-order valence-electron chi connectivity index (χ4n) is 1.47. The Bertz CT molecular complexity index is 601. The topological polar surface area (TPSA) is 49.4 Å². The van der Waals surface area contributed by atoms with Crippen molar-refractivity contribution in [3.05, 3.63) is 40.6 Å². The van der Waals surface area contributed by atoms with Crippen LogP contribution in [0.5, 0.6) is 0 Å². The number of hydrazine groups is 1. The van der Waals surface area contributed by atoms with Crippen molar-refractivity contribution in [3.8, 4) is 0 Å². The van der Waals surface area contributed by atoms with Gasteiger partial charge in [-0.05, 0) is 36.0 Å². The van der Waals surface area contributed by atoms with Crippen molar-refractivity contribution in [1.82, 2.24) is 10.4 Å². The maximum atomic E-state index is 13.0. The Hall–Kier alpha value is -1.73. The predicted molar refractivity (Wildman–Crippen MR) is 75.2 cm³/mol. The Balaban J connectivity index is 2.25. The van der Waals surface area contributed by atoms with Crippen molar-refractivity contribution in [1.29, 1.82) is 0 Å². The molecule has 19 heavy (non-hydrogen) atoms. The Morgan fingerprint density at radius 1 is 1.53 bits per heavy atom. The summed E-state index contributed by atoms with van der Waals surface area (Å²) in [6, 6.07) is 5.86. The third kappa shape index (κ3) is 3.18. The second kappa shape index (κ2) is 5.50. The summed E-state index contributed by atoms with van der Waals surface area (Å²) in [6.45, 7) is 1.29. The Kier molecular flexibility index (Phi) is 3.96. The number of amides is 2. The van der Waals surface area contributed by atoms with E-state index >= 15 is 0 Å². The maximum Gasteiger partial charge on any atom is 0.285 e. The molecule has 1 saturated heterocycles. The number of halogens is 1. The molecule has 1 aliphatic rings. The van der Waals surface area contributed by atoms with Crippen LogP contribution in [0.4, 0.5) is 4.39 Å². The minimum absolute atomic E-state index is 0.239. The molecule has 1 N–H and O–H groups in total. The molecular formula is C12H9FN2O2S2. The van der Waals surface area contributed by atoms with Gasteiger partial charge in [-0.15, -0.1) is 0 Å². The van der Waals surface area contributed by atoms with Crippen LogP contribution in [0.15, 0.2) is 29.2 Å². The van der Waals surface area contributed by atoms with E-state index < -0.39 is 5.91 Å². The first-order chi connectivity index (χ1) is 8.97. The van der Waals surface area contributed by atoms with Gasteiger partial charge in [0.05, 0.1) is 4.91 Å². The van der Waals surface area contributed by atoms with E-state index in [9.17, 15) is 14.0 Å². The highest BCUT2D eigenvalue weighted by Crippen LogP contribution is 2.31. The summed E-state index contributed by atoms with van der Waals surface area (Å²) in [5.74, 6) is -1.19. The van der Waals surface area contributed by atoms with Crippen LogP contribution in [-0.4, -0.2) is 21.1 Å². The lowest BCUT2D eigenvalue weighted by molar-refractivity contribution is -0.131. The van der Waals surface area contributed by atoms with Crippen LogP contribution in [0.1, 0.15) is 12.5 Å². The number of benzene rings is 1. The van der Waals surface area contributed by atoms with Gasteiger partial charge in [-0.25, -0.2) is 4.39 Å². The van der Waals surface area contributed by atoms with Gasteiger partial charge in [-0.1, -0.05) is 23.9 Å². The van der Waals surface area contributed by atoms with Crippen molar-refractivity contribution in [2.24, 2.45) is 0 Å². The average Bonchev–Trinajstić information content (AvgIpc) is 2.57. The van der Waals surface area contributed by atoms with E-state index in [0.717, 1.165) is 16.8 Å². The summed E-state index contributed by atoms with van der Waals surface area (Å²) < 4.78 is 13.3. The van der Waals surface area contributed by atoms with Gasteiger partial charge in [0, 0.05) is 6.92 Å². The first kappa shape index (κ1) is 13.7. The highest BCUT2D eigenvalue weighted by molar-refractivity contribution is 8.26. The molecule has 1 aromatic rings. The van der Waals surface area contributed by atoms with Crippen LogP contribution in [0.3, 0.4) is 0 Å². The second-order valence-electron chi connectivity index (χ2n) is 3.74. The van der Waals surface area contributed by atoms with E-state index in [4.69, 9.17) is 12.2 Å². The monoisotopic (exact) mass is 296 g/mol. The molecule has 7 heteroatoms. The van der Waals surface area contributed by atoms with Crippen LogP contribution >= 0.6 is 24.0 Å². The lowest BCUT2D eigenvalue weighted by atomic mass is 10.2. The second-order valence-corrected chi connectivity index (χ2v) is 5.42. The zero-order valence-corrected chi connectivity index (χ0v) is 11.5. The summed E-state index contributed by atoms with van der Waals surface area (Å²) in [5.41, 5.74) is 2.89. The highest BCUT2D eigenvalue weighted by Gasteiger charge is 2.32. The number of carbonyl (C=O) groups excluding carboxylic acids is 2. The van der Waals surface area contributed by atoms with E-state index in [1.807, 2.05) is 0 Å². The van der Waals surface area contributed by atoms with E-state index in [1.165, 1.54) is 25.1 Å². The quantitative estimate of drug-likeness (QED) is 0.670. The average molecular weight is 296 g/mol. The molecule has 2 amide bonds. The fraction of sp³-hybridized carbons (Fsp3) is 0.0833. The largest absolute Gasteiger partial charge is 0.285 e. The molecule has 1 fully saturated rings. The normalized spacial score (nSPS) is 17.2. The molecule has 0 bridgehead atoms. The van der Waals surface area contributed by atoms with Crippen LogP contribution in [0.2, 0.25) is 0 Å². The van der Waals surface area contributed by atoms with Crippen molar-refractivity contribution in [2.45, 2.75) is 6.92 Å². The first-order valence-corrected chi connectivity index (χ1v) is 6.50. The number of rotatable bonds is 2. The lowest BCUT2D eigenvalue weighted by Crippen LogP contribution is -2.43. The minimum Gasteiger partial charge on any atom is -0.274 e. The van der Waals surface area contributed by atoms with Crippen LogP contribution in [-0.2, 0) is 9.59 Å². The summed E-state index contributed by atoms with van der Waals surface area (Å²) in [5, 5.41) is 1.01. The number of nitrogens with one attached hydrogen (secondary N) is 1. The Morgan fingerprint density at radius 3 is 2.89 bits per heavy atom. The molecule has 1 aliphatic heterocycles. The predicted octanol–water partition coefficient (Wildman–Crippen LogP) is 2.08. The molecule has 0 radical (unpaired) electrons. The van der Waals surface area contributed by atoms with Crippen molar-refractivity contribution in [3.63, 3.8) is 0 Å². The molecule has 0 atom stereocenters. The van der Waals surface area contributed by atoms with Gasteiger partial charge < -0.3 is 0 Å². The third-order valence-corrected chi connectivity index (χ3v) is 3.51. The summed E-state index contributed by atoms with van der Waals surface area (Å²) >= 11 is 6.05. The van der Waals surface area contributed by atoms with Crippen molar-refractivity contribution < 1.29 is 14.0 Å². The van der Waals surface area contributed by atoms with Gasteiger partial charge in [0.25, 0.3) is 5.91 Å². The molecule has 1 heterocycles. The fourth-order valence-corrected chi connectivity index (χ4v) is 2.65. The summed E-state index contributed by atoms with van der Waals surface area (Å²) in [7, 11) is 0. The van der Waals surface area contributed by atoms with Gasteiger partial charge in [0.2, 0.25) is 5.91 Å². The van der Waals surface area contributed by atoms with E-state index in [-0.39, 0.29) is 16.0 Å². The number of thiocarbonyl (C=S) groups is 1. The maximum absolute atomic E-state index is 13.0. The molecule has 0 unspecified atom stereocenters. The Morgan fingerprint density at radius 2 is 2.26 bits per heavy atom. The van der Waals surface area contributed by atoms with Crippen molar-refractivity contribution in [2.75, 3.05) is 0 Å². The molecule has 0 spiro atoms. The first-order valence-electron chi connectivity index (χ1n) is 5.28. The van der Waals surface area contributed by atoms with Gasteiger partial charge in [0.1, 0.15) is 5.82 Å². The molecule has 2 rings (SSSR count). The number of nitrogens with zero attached hydrogens (tertiary/aromatic N) is 1. The van der Waals surface area contributed by atoms with Crippen LogP contribution in [0, 0.1) is 5.82 Å². The lowest BCUT2D eigenvalue weighted by Gasteiger charge is -2.13. The highest BCUT2D eigenvalue weighted by atomic mass is 32.2. The third-order valence-electron chi connectivity index (χ3n) is 2.21. The smallest absolute Gasteiger partial charge is 0.274 e. The van der Waals surface area contributed by atoms with Gasteiger partial charge in [-0.3, -0.25) is 15.0 Å². The van der Waals surface area contributed by atoms with Gasteiger partial charge in [0.15, 0.2) is 4.32 Å². The molecule has 0 aromatic heterocycles. The molecule has 4 nitrogen and oxygen atoms in total. The number of hydrogen-bond acceptors (Lipinski definition) is 4. The van der Waals surface area contributed by atoms with Crippen LogP contribution < -0.4 is 5.43 Å². The van der Waals surface area contributed by atoms with E-state index in [2.05, 4.69) is 5.43 Å². The zero-order valence-electron chi connectivity index (χ0n) is 9.84. The number of carbonyl (C=O) groups is 2. The molecule has 0 aliphatic carbocycles. The Labute approximate surface area is 118 Å².